The van der Waals surface area contributed by atoms with Gasteiger partial charge in [0.05, 0.1) is 12.8 Å². The third-order valence-electron chi connectivity index (χ3n) is 5.06. The van der Waals surface area contributed by atoms with Gasteiger partial charge in [0.15, 0.2) is 0 Å². The molecule has 1 saturated heterocycles. The van der Waals surface area contributed by atoms with Crippen LogP contribution in [0.15, 0.2) is 12.3 Å². The molecule has 0 saturated carbocycles. The van der Waals surface area contributed by atoms with Gasteiger partial charge in [-0.05, 0) is 19.8 Å². The smallest absolute Gasteiger partial charge is 0.433 e. The summed E-state index contributed by atoms with van der Waals surface area (Å²) in [5.41, 5.74) is -0.533. The lowest BCUT2D eigenvalue weighted by Crippen LogP contribution is -2.45. The van der Waals surface area contributed by atoms with Crippen molar-refractivity contribution in [1.29, 1.82) is 0 Å². The Balaban J connectivity index is 1.38. The zero-order valence-corrected chi connectivity index (χ0v) is 15.9. The van der Waals surface area contributed by atoms with Crippen molar-refractivity contribution in [1.82, 2.24) is 25.1 Å². The van der Waals surface area contributed by atoms with Gasteiger partial charge in [-0.1, -0.05) is 0 Å². The van der Waals surface area contributed by atoms with E-state index in [2.05, 4.69) is 20.4 Å². The molecule has 2 aliphatic rings. The molecule has 1 fully saturated rings. The molecule has 0 spiro atoms. The van der Waals surface area contributed by atoms with Crippen LogP contribution >= 0.6 is 0 Å². The van der Waals surface area contributed by atoms with Gasteiger partial charge >= 0.3 is 6.18 Å². The van der Waals surface area contributed by atoms with Gasteiger partial charge in [-0.25, -0.2) is 14.6 Å². The zero-order chi connectivity index (χ0) is 20.6. The molecule has 29 heavy (non-hydrogen) atoms. The first-order chi connectivity index (χ1) is 13.8. The van der Waals surface area contributed by atoms with Crippen LogP contribution in [0.1, 0.15) is 41.1 Å². The summed E-state index contributed by atoms with van der Waals surface area (Å²) < 4.78 is 46.2. The van der Waals surface area contributed by atoms with E-state index in [0.717, 1.165) is 19.0 Å². The molecule has 2 aromatic rings. The SMILES string of the molecule is Cc1nc(N2CCC(NC(=O)c3cnn4c3OCCC4)CC2)cc(C(F)(F)F)n1. The number of anilines is 1. The van der Waals surface area contributed by atoms with Crippen LogP contribution in [0, 0.1) is 6.92 Å². The molecule has 11 heteroatoms. The average Bonchev–Trinajstić information content (AvgIpc) is 3.12. The van der Waals surface area contributed by atoms with Crippen LogP contribution in [0.5, 0.6) is 5.88 Å². The molecule has 0 atom stereocenters. The van der Waals surface area contributed by atoms with Crippen LogP contribution < -0.4 is 15.0 Å². The number of ether oxygens (including phenoxy) is 1. The highest BCUT2D eigenvalue weighted by molar-refractivity contribution is 5.96. The molecule has 1 amide bonds. The number of nitrogens with zero attached hydrogens (tertiary/aromatic N) is 5. The lowest BCUT2D eigenvalue weighted by molar-refractivity contribution is -0.141. The van der Waals surface area contributed by atoms with Crippen molar-refractivity contribution in [2.24, 2.45) is 0 Å². The number of rotatable bonds is 3. The van der Waals surface area contributed by atoms with Crippen LogP contribution in [0.3, 0.4) is 0 Å². The molecule has 0 aliphatic carbocycles. The van der Waals surface area contributed by atoms with Gasteiger partial charge in [0.25, 0.3) is 5.91 Å². The first kappa shape index (κ1) is 19.5. The number of piperidine rings is 1. The van der Waals surface area contributed by atoms with E-state index in [1.54, 1.807) is 9.58 Å². The van der Waals surface area contributed by atoms with Crippen LogP contribution in [-0.4, -0.2) is 51.4 Å². The Hall–Kier alpha value is -2.85. The third-order valence-corrected chi connectivity index (χ3v) is 5.06. The Morgan fingerprint density at radius 3 is 2.72 bits per heavy atom. The fourth-order valence-electron chi connectivity index (χ4n) is 3.60. The van der Waals surface area contributed by atoms with Crippen LogP contribution in [0.25, 0.3) is 0 Å². The van der Waals surface area contributed by atoms with Crippen molar-refractivity contribution in [2.75, 3.05) is 24.6 Å². The van der Waals surface area contributed by atoms with E-state index in [-0.39, 0.29) is 23.6 Å². The first-order valence-corrected chi connectivity index (χ1v) is 9.48. The maximum atomic E-state index is 13.0. The lowest BCUT2D eigenvalue weighted by atomic mass is 10.0. The van der Waals surface area contributed by atoms with Crippen LogP contribution in [0.2, 0.25) is 0 Å². The van der Waals surface area contributed by atoms with Crippen molar-refractivity contribution in [3.05, 3.63) is 29.3 Å². The quantitative estimate of drug-likeness (QED) is 0.835. The minimum atomic E-state index is -4.51. The van der Waals surface area contributed by atoms with E-state index in [4.69, 9.17) is 4.74 Å². The van der Waals surface area contributed by atoms with Crippen LogP contribution in [0.4, 0.5) is 19.0 Å². The molecule has 0 aromatic carbocycles. The highest BCUT2D eigenvalue weighted by Crippen LogP contribution is 2.30. The standard InChI is InChI=1S/C18H21F3N6O2/c1-11-23-14(18(19,20)21)9-15(24-11)26-6-3-12(4-7-26)25-16(28)13-10-22-27-5-2-8-29-17(13)27/h9-10,12H,2-8H2,1H3,(H,25,28). The zero-order valence-electron chi connectivity index (χ0n) is 15.9. The Kier molecular flexibility index (Phi) is 5.05. The summed E-state index contributed by atoms with van der Waals surface area (Å²) in [6, 6.07) is 0.894. The minimum absolute atomic E-state index is 0.0798. The molecule has 156 valence electrons. The third kappa shape index (κ3) is 4.13. The monoisotopic (exact) mass is 410 g/mol. The summed E-state index contributed by atoms with van der Waals surface area (Å²) in [5.74, 6) is 0.580. The Labute approximate surface area is 165 Å². The number of amides is 1. The molecule has 0 unspecified atom stereocenters. The predicted molar refractivity (Wildman–Crippen MR) is 96.8 cm³/mol. The second kappa shape index (κ2) is 7.53. The Morgan fingerprint density at radius 2 is 2.00 bits per heavy atom. The maximum absolute atomic E-state index is 13.0. The van der Waals surface area contributed by atoms with E-state index in [1.807, 2.05) is 0 Å². The number of halogens is 3. The second-order valence-corrected chi connectivity index (χ2v) is 7.18. The molecule has 8 nitrogen and oxygen atoms in total. The van der Waals surface area contributed by atoms with Gasteiger partial charge in [-0.2, -0.15) is 18.3 Å². The van der Waals surface area contributed by atoms with Gasteiger partial charge in [0.2, 0.25) is 5.88 Å². The Morgan fingerprint density at radius 1 is 1.24 bits per heavy atom. The molecule has 1 N–H and O–H groups in total. The predicted octanol–water partition coefficient (Wildman–Crippen LogP) is 2.18. The summed E-state index contributed by atoms with van der Waals surface area (Å²) in [7, 11) is 0. The van der Waals surface area contributed by atoms with Gasteiger partial charge in [-0.15, -0.1) is 0 Å². The molecule has 0 bridgehead atoms. The first-order valence-electron chi connectivity index (χ1n) is 9.48. The fourth-order valence-corrected chi connectivity index (χ4v) is 3.60. The average molecular weight is 410 g/mol. The molecule has 4 heterocycles. The summed E-state index contributed by atoms with van der Waals surface area (Å²) in [4.78, 5) is 22.0. The number of nitrogens with one attached hydrogen (secondary N) is 1. The van der Waals surface area contributed by atoms with Gasteiger partial charge in [0.1, 0.15) is 22.9 Å². The topological polar surface area (TPSA) is 85.2 Å². The Bertz CT molecular complexity index is 905. The molecule has 4 rings (SSSR count). The van der Waals surface area contributed by atoms with Crippen molar-refractivity contribution in [3.63, 3.8) is 0 Å². The molecular formula is C18H21F3N6O2. The van der Waals surface area contributed by atoms with Crippen molar-refractivity contribution in [3.8, 4) is 5.88 Å². The molecule has 2 aliphatic heterocycles. The van der Waals surface area contributed by atoms with Gasteiger partial charge < -0.3 is 15.0 Å². The summed E-state index contributed by atoms with van der Waals surface area (Å²) in [6.07, 6.45) is -0.956. The number of aromatic nitrogens is 4. The van der Waals surface area contributed by atoms with E-state index in [1.165, 1.54) is 13.1 Å². The highest BCUT2D eigenvalue weighted by Gasteiger charge is 2.34. The molecule has 0 radical (unpaired) electrons. The van der Waals surface area contributed by atoms with E-state index in [0.29, 0.717) is 44.0 Å². The minimum Gasteiger partial charge on any atom is -0.477 e. The van der Waals surface area contributed by atoms with E-state index >= 15 is 0 Å². The lowest BCUT2D eigenvalue weighted by Gasteiger charge is -2.33. The number of carbonyl (C=O) groups is 1. The fraction of sp³-hybridized carbons (Fsp3) is 0.556. The number of aryl methyl sites for hydroxylation is 2. The summed E-state index contributed by atoms with van der Waals surface area (Å²) in [6.45, 7) is 3.70. The second-order valence-electron chi connectivity index (χ2n) is 7.18. The molecule has 2 aromatic heterocycles. The number of carbonyl (C=O) groups excluding carboxylic acids is 1. The number of hydrogen-bond donors (Lipinski definition) is 1. The normalized spacial score (nSPS) is 17.6. The number of alkyl halides is 3. The van der Waals surface area contributed by atoms with Crippen molar-refractivity contribution >= 4 is 11.7 Å². The van der Waals surface area contributed by atoms with E-state index < -0.39 is 11.9 Å². The van der Waals surface area contributed by atoms with E-state index in [9.17, 15) is 18.0 Å². The van der Waals surface area contributed by atoms with Crippen molar-refractivity contribution < 1.29 is 22.7 Å². The summed E-state index contributed by atoms with van der Waals surface area (Å²) in [5, 5.41) is 7.15. The largest absolute Gasteiger partial charge is 0.477 e. The maximum Gasteiger partial charge on any atom is 0.433 e. The van der Waals surface area contributed by atoms with Gasteiger partial charge in [0, 0.05) is 38.2 Å². The van der Waals surface area contributed by atoms with Gasteiger partial charge in [-0.3, -0.25) is 4.79 Å². The number of fused-ring (bicyclic) bond motifs is 1. The number of hydrogen-bond acceptors (Lipinski definition) is 6. The molecular weight excluding hydrogens is 389 g/mol. The van der Waals surface area contributed by atoms with Crippen molar-refractivity contribution in [2.45, 2.75) is 44.9 Å². The van der Waals surface area contributed by atoms with Crippen LogP contribution in [-0.2, 0) is 12.7 Å². The highest BCUT2D eigenvalue weighted by atomic mass is 19.4. The summed E-state index contributed by atoms with van der Waals surface area (Å²) >= 11 is 0.